The Bertz CT molecular complexity index is 619. The average molecular weight is 488 g/mol. The second-order valence-electron chi connectivity index (χ2n) is 9.08. The molecule has 1 amide bonds. The fraction of sp³-hybridized carbons (Fsp3) is 0.645. The lowest BCUT2D eigenvalue weighted by atomic mass is 10.1. The molecular formula is C31H53NO3. The van der Waals surface area contributed by atoms with Crippen LogP contribution in [-0.4, -0.2) is 34.9 Å². The summed E-state index contributed by atoms with van der Waals surface area (Å²) in [4.78, 5) is 12.1. The van der Waals surface area contributed by atoms with Gasteiger partial charge in [0.25, 0.3) is 0 Å². The minimum atomic E-state index is -0.842. The molecule has 0 aliphatic carbocycles. The molecule has 0 radical (unpaired) electrons. The van der Waals surface area contributed by atoms with Crippen LogP contribution in [0.1, 0.15) is 110 Å². The summed E-state index contributed by atoms with van der Waals surface area (Å²) in [5.74, 6) is -0.0932. The van der Waals surface area contributed by atoms with E-state index in [0.29, 0.717) is 6.42 Å². The first kappa shape index (κ1) is 33.1. The maximum atomic E-state index is 12.1. The van der Waals surface area contributed by atoms with Crippen molar-refractivity contribution in [2.45, 2.75) is 122 Å². The van der Waals surface area contributed by atoms with Crippen molar-refractivity contribution in [1.29, 1.82) is 0 Å². The number of allylic oxidation sites excluding steroid dienone is 9. The molecule has 0 bridgehead atoms. The average Bonchev–Trinajstić information content (AvgIpc) is 2.86. The number of aliphatic hydroxyl groups is 2. The van der Waals surface area contributed by atoms with Gasteiger partial charge in [-0.25, -0.2) is 0 Å². The maximum absolute atomic E-state index is 12.1. The highest BCUT2D eigenvalue weighted by molar-refractivity contribution is 5.76. The molecular weight excluding hydrogens is 434 g/mol. The van der Waals surface area contributed by atoms with E-state index in [9.17, 15) is 15.0 Å². The van der Waals surface area contributed by atoms with Crippen molar-refractivity contribution in [3.8, 4) is 0 Å². The highest BCUT2D eigenvalue weighted by Gasteiger charge is 2.17. The van der Waals surface area contributed by atoms with Crippen LogP contribution in [0.15, 0.2) is 60.8 Å². The zero-order valence-electron chi connectivity index (χ0n) is 22.5. The summed E-state index contributed by atoms with van der Waals surface area (Å²) in [7, 11) is 0. The lowest BCUT2D eigenvalue weighted by molar-refractivity contribution is -0.123. The van der Waals surface area contributed by atoms with Gasteiger partial charge in [0, 0.05) is 6.42 Å². The minimum Gasteiger partial charge on any atom is -0.394 e. The Hall–Kier alpha value is -1.91. The van der Waals surface area contributed by atoms with Gasteiger partial charge >= 0.3 is 0 Å². The lowest BCUT2D eigenvalue weighted by Gasteiger charge is -2.19. The van der Waals surface area contributed by atoms with Crippen LogP contribution in [0.2, 0.25) is 0 Å². The number of nitrogens with one attached hydrogen (secondary N) is 1. The monoisotopic (exact) mass is 487 g/mol. The van der Waals surface area contributed by atoms with Crippen molar-refractivity contribution in [3.63, 3.8) is 0 Å². The molecule has 0 aromatic heterocycles. The molecule has 0 rings (SSSR count). The highest BCUT2D eigenvalue weighted by atomic mass is 16.3. The van der Waals surface area contributed by atoms with E-state index in [1.165, 1.54) is 19.3 Å². The quantitative estimate of drug-likeness (QED) is 0.103. The largest absolute Gasteiger partial charge is 0.394 e. The third kappa shape index (κ3) is 23.6. The Morgan fingerprint density at radius 3 is 1.86 bits per heavy atom. The van der Waals surface area contributed by atoms with E-state index in [4.69, 9.17) is 0 Å². The molecule has 0 spiro atoms. The van der Waals surface area contributed by atoms with Gasteiger partial charge < -0.3 is 15.5 Å². The van der Waals surface area contributed by atoms with E-state index in [1.807, 2.05) is 6.08 Å². The molecule has 0 aromatic rings. The van der Waals surface area contributed by atoms with Gasteiger partial charge in [0.15, 0.2) is 0 Å². The predicted octanol–water partition coefficient (Wildman–Crippen LogP) is 7.50. The minimum absolute atomic E-state index is 0.0932. The van der Waals surface area contributed by atoms with Gasteiger partial charge in [-0.1, -0.05) is 113 Å². The van der Waals surface area contributed by atoms with Crippen LogP contribution in [0.3, 0.4) is 0 Å². The summed E-state index contributed by atoms with van der Waals surface area (Å²) in [5.41, 5.74) is 0. The molecule has 0 aliphatic rings. The van der Waals surface area contributed by atoms with Gasteiger partial charge in [0.05, 0.1) is 18.8 Å². The number of amides is 1. The second-order valence-corrected chi connectivity index (χ2v) is 9.08. The van der Waals surface area contributed by atoms with Crippen LogP contribution >= 0.6 is 0 Å². The predicted molar refractivity (Wildman–Crippen MR) is 151 cm³/mol. The topological polar surface area (TPSA) is 69.6 Å². The Kier molecular flexibility index (Phi) is 25.2. The van der Waals surface area contributed by atoms with Gasteiger partial charge in [0.1, 0.15) is 0 Å². The summed E-state index contributed by atoms with van der Waals surface area (Å²) in [6, 6.07) is -0.626. The fourth-order valence-corrected chi connectivity index (χ4v) is 3.56. The molecule has 0 aliphatic heterocycles. The number of aliphatic hydroxyl groups excluding tert-OH is 2. The van der Waals surface area contributed by atoms with Crippen molar-refractivity contribution in [3.05, 3.63) is 60.8 Å². The van der Waals surface area contributed by atoms with Crippen LogP contribution in [-0.2, 0) is 4.79 Å². The van der Waals surface area contributed by atoms with E-state index in [0.717, 1.165) is 70.6 Å². The number of unbranched alkanes of at least 4 members (excludes halogenated alkanes) is 8. The maximum Gasteiger partial charge on any atom is 0.220 e. The molecule has 2 unspecified atom stereocenters. The molecule has 4 heteroatoms. The Labute approximate surface area is 216 Å². The second kappa shape index (κ2) is 26.7. The number of rotatable bonds is 23. The normalized spacial score (nSPS) is 14.3. The third-order valence-corrected chi connectivity index (χ3v) is 5.76. The lowest BCUT2D eigenvalue weighted by Crippen LogP contribution is -2.45. The van der Waals surface area contributed by atoms with Gasteiger partial charge in [0.2, 0.25) is 5.91 Å². The van der Waals surface area contributed by atoms with Crippen molar-refractivity contribution in [2.75, 3.05) is 6.61 Å². The number of carbonyl (C=O) groups is 1. The molecule has 0 saturated carbocycles. The first-order chi connectivity index (χ1) is 17.2. The molecule has 4 nitrogen and oxygen atoms in total. The molecule has 200 valence electrons. The van der Waals surface area contributed by atoms with E-state index in [1.54, 1.807) is 6.08 Å². The van der Waals surface area contributed by atoms with Crippen LogP contribution in [0.4, 0.5) is 0 Å². The fourth-order valence-electron chi connectivity index (χ4n) is 3.56. The Balaban J connectivity index is 3.65. The van der Waals surface area contributed by atoms with Crippen LogP contribution < -0.4 is 5.32 Å². The molecule has 0 heterocycles. The van der Waals surface area contributed by atoms with Crippen LogP contribution in [0.25, 0.3) is 0 Å². The SMILES string of the molecule is CC/C=C\C/C=C\C/C=C\C/C=C\CCCCCCCCC(=O)NC(CO)C(O)/C=C/CCCC. The highest BCUT2D eigenvalue weighted by Crippen LogP contribution is 2.10. The van der Waals surface area contributed by atoms with Gasteiger partial charge in [-0.2, -0.15) is 0 Å². The molecule has 0 fully saturated rings. The van der Waals surface area contributed by atoms with Crippen molar-refractivity contribution in [1.82, 2.24) is 5.32 Å². The summed E-state index contributed by atoms with van der Waals surface area (Å²) >= 11 is 0. The summed E-state index contributed by atoms with van der Waals surface area (Å²) in [5, 5.41) is 22.3. The van der Waals surface area contributed by atoms with E-state index >= 15 is 0 Å². The van der Waals surface area contributed by atoms with Crippen molar-refractivity contribution in [2.24, 2.45) is 0 Å². The van der Waals surface area contributed by atoms with E-state index < -0.39 is 12.1 Å². The molecule has 0 saturated heterocycles. The number of hydrogen-bond acceptors (Lipinski definition) is 3. The van der Waals surface area contributed by atoms with Crippen LogP contribution in [0.5, 0.6) is 0 Å². The summed E-state index contributed by atoms with van der Waals surface area (Å²) < 4.78 is 0. The summed E-state index contributed by atoms with van der Waals surface area (Å²) in [6.07, 6.45) is 36.1. The van der Waals surface area contributed by atoms with Gasteiger partial charge in [-0.15, -0.1) is 0 Å². The molecule has 3 N–H and O–H groups in total. The van der Waals surface area contributed by atoms with Crippen molar-refractivity contribution < 1.29 is 15.0 Å². The molecule has 0 aromatic carbocycles. The molecule has 35 heavy (non-hydrogen) atoms. The zero-order valence-corrected chi connectivity index (χ0v) is 22.5. The summed E-state index contributed by atoms with van der Waals surface area (Å²) in [6.45, 7) is 4.01. The number of carbonyl (C=O) groups excluding carboxylic acids is 1. The first-order valence-corrected chi connectivity index (χ1v) is 14.0. The number of hydrogen-bond donors (Lipinski definition) is 3. The third-order valence-electron chi connectivity index (χ3n) is 5.76. The standard InChI is InChI=1S/C31H53NO3/c1-3-5-7-9-10-11-12-13-14-15-16-17-18-19-20-21-22-23-25-27-31(35)32-29(28-33)30(34)26-24-8-6-4-2/h5,7,10-11,13-14,16-17,24,26,29-30,33-34H,3-4,6,8-9,12,15,18-23,25,27-28H2,1-2H3,(H,32,35)/b7-5-,11-10-,14-13-,17-16-,26-24+. The van der Waals surface area contributed by atoms with E-state index in [2.05, 4.69) is 67.8 Å². The zero-order chi connectivity index (χ0) is 25.8. The van der Waals surface area contributed by atoms with Gasteiger partial charge in [-0.05, 0) is 51.4 Å². The van der Waals surface area contributed by atoms with Gasteiger partial charge in [-0.3, -0.25) is 4.79 Å². The van der Waals surface area contributed by atoms with Crippen molar-refractivity contribution >= 4 is 5.91 Å². The van der Waals surface area contributed by atoms with Crippen LogP contribution in [0, 0.1) is 0 Å². The first-order valence-electron chi connectivity index (χ1n) is 14.0. The Morgan fingerprint density at radius 2 is 1.26 bits per heavy atom. The Morgan fingerprint density at radius 1 is 0.714 bits per heavy atom. The molecule has 2 atom stereocenters. The smallest absolute Gasteiger partial charge is 0.220 e. The van der Waals surface area contributed by atoms with E-state index in [-0.39, 0.29) is 12.5 Å².